The summed E-state index contributed by atoms with van der Waals surface area (Å²) in [6, 6.07) is 0. The van der Waals surface area contributed by atoms with Gasteiger partial charge in [0.15, 0.2) is 0 Å². The first kappa shape index (κ1) is 17.4. The minimum atomic E-state index is -0.518. The first-order valence-corrected chi connectivity index (χ1v) is 4.23. The molecule has 1 unspecified atom stereocenters. The van der Waals surface area contributed by atoms with Crippen LogP contribution in [0.25, 0.3) is 0 Å². The fraction of sp³-hybridized carbons (Fsp3) is 0.625. The molecule has 1 amide bonds. The molecular weight excluding hydrogens is 276 g/mol. The van der Waals surface area contributed by atoms with Gasteiger partial charge in [0.1, 0.15) is 12.1 Å². The number of rotatable bonds is 5. The van der Waals surface area contributed by atoms with E-state index in [2.05, 4.69) is 12.8 Å². The summed E-state index contributed by atoms with van der Waals surface area (Å²) >= 11 is 4.57. The molecule has 1 atom stereocenters. The second kappa shape index (κ2) is 9.21. The van der Waals surface area contributed by atoms with Crippen molar-refractivity contribution in [3.05, 3.63) is 0 Å². The zero-order valence-electron chi connectivity index (χ0n) is 8.65. The van der Waals surface area contributed by atoms with Gasteiger partial charge < -0.3 is 21.9 Å². The van der Waals surface area contributed by atoms with Gasteiger partial charge in [-0.1, -0.05) is 0 Å². The van der Waals surface area contributed by atoms with Crippen molar-refractivity contribution >= 4 is 30.8 Å². The Hall–Kier alpha value is 0.965. The number of aldehydes is 1. The number of carbonyl (C=O) groups is 3. The summed E-state index contributed by atoms with van der Waals surface area (Å²) in [7, 11) is 1.44. The first-order valence-electron chi connectivity index (χ1n) is 3.86. The Bertz CT molecular complexity index is 221. The number of ketones is 1. The zero-order valence-corrected chi connectivity index (χ0v) is 14.4. The third kappa shape index (κ3) is 7.28. The van der Waals surface area contributed by atoms with E-state index in [9.17, 15) is 14.4 Å². The number of amides is 1. The minimum absolute atomic E-state index is 0. The summed E-state index contributed by atoms with van der Waals surface area (Å²) in [6.45, 7) is 1.37. The summed E-state index contributed by atoms with van der Waals surface area (Å²) in [4.78, 5) is 32.2. The van der Waals surface area contributed by atoms with Crippen LogP contribution >= 0.6 is 0 Å². The molecular formula is C8H12NO3RbS. The van der Waals surface area contributed by atoms with Gasteiger partial charge >= 0.3 is 58.2 Å². The summed E-state index contributed by atoms with van der Waals surface area (Å²) in [6.07, 6.45) is 0.751. The molecule has 0 spiro atoms. The Morgan fingerprint density at radius 1 is 1.50 bits per heavy atom. The topological polar surface area (TPSA) is 54.5 Å². The smallest absolute Gasteiger partial charge is 0.664 e. The normalized spacial score (nSPS) is 11.1. The largest absolute Gasteiger partial charge is 1.00 e. The SMILES string of the molecule is CC(=O)C(CC=O)CC(=O)N(C)[S-].[Rb+]. The molecule has 0 aromatic carbocycles. The molecule has 0 saturated carbocycles. The van der Waals surface area contributed by atoms with Crippen LogP contribution in [-0.4, -0.2) is 29.3 Å². The molecule has 14 heavy (non-hydrogen) atoms. The van der Waals surface area contributed by atoms with Crippen molar-refractivity contribution in [2.24, 2.45) is 5.92 Å². The Kier molecular flexibility index (Phi) is 11.4. The molecule has 0 heterocycles. The predicted molar refractivity (Wildman–Crippen MR) is 49.6 cm³/mol. The molecule has 74 valence electrons. The van der Waals surface area contributed by atoms with Gasteiger partial charge in [-0.2, -0.15) is 0 Å². The van der Waals surface area contributed by atoms with E-state index in [0.29, 0.717) is 6.29 Å². The summed E-state index contributed by atoms with van der Waals surface area (Å²) in [5.74, 6) is -0.982. The maximum absolute atomic E-state index is 11.1. The Morgan fingerprint density at radius 3 is 2.29 bits per heavy atom. The van der Waals surface area contributed by atoms with Crippen LogP contribution in [-0.2, 0) is 27.2 Å². The Balaban J connectivity index is 0. The van der Waals surface area contributed by atoms with E-state index in [-0.39, 0.29) is 82.7 Å². The van der Waals surface area contributed by atoms with Crippen LogP contribution in [0.4, 0.5) is 0 Å². The van der Waals surface area contributed by atoms with Gasteiger partial charge in [-0.3, -0.25) is 9.59 Å². The van der Waals surface area contributed by atoms with Crippen molar-refractivity contribution in [3.63, 3.8) is 0 Å². The van der Waals surface area contributed by atoms with E-state index < -0.39 is 5.92 Å². The third-order valence-corrected chi connectivity index (χ3v) is 1.93. The summed E-state index contributed by atoms with van der Waals surface area (Å²) in [5, 5.41) is 0. The number of hydrogen-bond donors (Lipinski definition) is 0. The van der Waals surface area contributed by atoms with Crippen LogP contribution in [0.3, 0.4) is 0 Å². The fourth-order valence-electron chi connectivity index (χ4n) is 0.849. The van der Waals surface area contributed by atoms with Crippen molar-refractivity contribution in [3.8, 4) is 0 Å². The molecule has 0 saturated heterocycles. The standard InChI is InChI=1S/C8H12NO3S.Rb/c1-6(11)7(3-4-10)5-8(12)9(2)13;/h4,7H,3,5H2,1-2H3;/q-1;+1. The van der Waals surface area contributed by atoms with Crippen LogP contribution in [0.1, 0.15) is 19.8 Å². The van der Waals surface area contributed by atoms with E-state index in [1.165, 1.54) is 14.0 Å². The molecule has 0 rings (SSSR count). The fourth-order valence-corrected chi connectivity index (χ4v) is 0.923. The maximum atomic E-state index is 11.1. The van der Waals surface area contributed by atoms with E-state index in [4.69, 9.17) is 0 Å². The van der Waals surface area contributed by atoms with Gasteiger partial charge in [-0.25, -0.2) is 0 Å². The minimum Gasteiger partial charge on any atom is -0.664 e. The number of carbonyl (C=O) groups excluding carboxylic acids is 3. The third-order valence-electron chi connectivity index (χ3n) is 1.73. The van der Waals surface area contributed by atoms with E-state index in [1.54, 1.807) is 0 Å². The zero-order chi connectivity index (χ0) is 10.4. The van der Waals surface area contributed by atoms with Gasteiger partial charge in [0.2, 0.25) is 5.91 Å². The molecule has 4 nitrogen and oxygen atoms in total. The molecule has 0 bridgehead atoms. The number of nitrogens with zero attached hydrogens (tertiary/aromatic N) is 1. The molecule has 0 radical (unpaired) electrons. The van der Waals surface area contributed by atoms with Crippen LogP contribution < -0.4 is 58.2 Å². The van der Waals surface area contributed by atoms with Crippen LogP contribution in [0.15, 0.2) is 0 Å². The average molecular weight is 288 g/mol. The molecule has 0 N–H and O–H groups in total. The van der Waals surface area contributed by atoms with Crippen molar-refractivity contribution in [2.45, 2.75) is 19.8 Å². The van der Waals surface area contributed by atoms with Crippen molar-refractivity contribution in [1.82, 2.24) is 4.31 Å². The predicted octanol–water partition coefficient (Wildman–Crippen LogP) is -2.90. The van der Waals surface area contributed by atoms with Crippen LogP contribution in [0.2, 0.25) is 0 Å². The van der Waals surface area contributed by atoms with Gasteiger partial charge in [-0.05, 0) is 14.0 Å². The van der Waals surface area contributed by atoms with Gasteiger partial charge in [-0.15, -0.1) is 0 Å². The second-order valence-corrected chi connectivity index (χ2v) is 3.35. The number of hydrogen-bond acceptors (Lipinski definition) is 4. The van der Waals surface area contributed by atoms with Gasteiger partial charge in [0.25, 0.3) is 0 Å². The Morgan fingerprint density at radius 2 is 2.00 bits per heavy atom. The summed E-state index contributed by atoms with van der Waals surface area (Å²) in [5.41, 5.74) is 0. The summed E-state index contributed by atoms with van der Waals surface area (Å²) < 4.78 is 1.00. The Labute approximate surface area is 138 Å². The van der Waals surface area contributed by atoms with Gasteiger partial charge in [0, 0.05) is 18.8 Å². The molecule has 0 aromatic heterocycles. The van der Waals surface area contributed by atoms with Crippen molar-refractivity contribution in [1.29, 1.82) is 0 Å². The monoisotopic (exact) mass is 287 g/mol. The van der Waals surface area contributed by atoms with Gasteiger partial charge in [0.05, 0.1) is 0 Å². The first-order chi connectivity index (χ1) is 5.99. The van der Waals surface area contributed by atoms with E-state index in [1.807, 2.05) is 0 Å². The second-order valence-electron chi connectivity index (χ2n) is 2.81. The molecule has 0 aliphatic rings. The molecule has 0 fully saturated rings. The number of Topliss-reactive ketones (excluding diaryl/α,β-unsaturated/α-hetero) is 1. The maximum Gasteiger partial charge on any atom is 1.00 e. The quantitative estimate of drug-likeness (QED) is 0.402. The van der Waals surface area contributed by atoms with E-state index in [0.717, 1.165) is 4.31 Å². The van der Waals surface area contributed by atoms with Crippen molar-refractivity contribution in [2.75, 3.05) is 7.05 Å². The molecule has 6 heteroatoms. The van der Waals surface area contributed by atoms with Crippen molar-refractivity contribution < 1.29 is 72.6 Å². The van der Waals surface area contributed by atoms with Crippen LogP contribution in [0.5, 0.6) is 0 Å². The van der Waals surface area contributed by atoms with E-state index >= 15 is 0 Å². The molecule has 0 aliphatic carbocycles. The average Bonchev–Trinajstić information content (AvgIpc) is 2.03. The molecule has 0 aromatic rings. The molecule has 0 aliphatic heterocycles. The van der Waals surface area contributed by atoms with Crippen LogP contribution in [0, 0.1) is 5.92 Å².